The van der Waals surface area contributed by atoms with Crippen LogP contribution in [-0.2, 0) is 18.3 Å². The average Bonchev–Trinajstić information content (AvgIpc) is 3.22. The molecule has 1 aliphatic rings. The highest BCUT2D eigenvalue weighted by atomic mass is 16.5. The third-order valence-electron chi connectivity index (χ3n) is 6.71. The number of methoxy groups -OCH3 is 1. The van der Waals surface area contributed by atoms with Crippen LogP contribution in [0.5, 0.6) is 5.75 Å². The summed E-state index contributed by atoms with van der Waals surface area (Å²) in [4.78, 5) is 25.5. The van der Waals surface area contributed by atoms with Crippen LogP contribution in [0, 0.1) is 5.92 Å². The molecule has 1 atom stereocenters. The highest BCUT2D eigenvalue weighted by Crippen LogP contribution is 2.39. The van der Waals surface area contributed by atoms with Crippen molar-refractivity contribution in [2.24, 2.45) is 13.0 Å². The molecule has 2 N–H and O–H groups in total. The maximum atomic E-state index is 12.3. The zero-order valence-electron chi connectivity index (χ0n) is 23.1. The summed E-state index contributed by atoms with van der Waals surface area (Å²) in [6, 6.07) is 5.72. The Kier molecular flexibility index (Phi) is 8.16. The predicted octanol–water partition coefficient (Wildman–Crippen LogP) is 4.56. The fourth-order valence-electron chi connectivity index (χ4n) is 4.61. The molecule has 4 rings (SSSR count). The van der Waals surface area contributed by atoms with Gasteiger partial charge in [0.1, 0.15) is 17.9 Å². The molecule has 2 aromatic heterocycles. The Hall–Kier alpha value is -4.11. The topological polar surface area (TPSA) is 87.5 Å². The van der Waals surface area contributed by atoms with Crippen LogP contribution in [0.1, 0.15) is 18.2 Å². The summed E-state index contributed by atoms with van der Waals surface area (Å²) in [6.45, 7) is 7.44. The van der Waals surface area contributed by atoms with Crippen LogP contribution in [0.3, 0.4) is 0 Å². The Morgan fingerprint density at radius 1 is 1.21 bits per heavy atom. The van der Waals surface area contributed by atoms with Gasteiger partial charge in [0, 0.05) is 56.8 Å². The third kappa shape index (κ3) is 5.89. The molecule has 0 spiro atoms. The molecule has 2 heterocycles. The van der Waals surface area contributed by atoms with Crippen molar-refractivity contribution in [1.29, 1.82) is 0 Å². The van der Waals surface area contributed by atoms with Crippen LogP contribution >= 0.6 is 0 Å². The molecule has 0 radical (unpaired) electrons. The smallest absolute Gasteiger partial charge is 0.247 e. The summed E-state index contributed by atoms with van der Waals surface area (Å²) >= 11 is 0. The van der Waals surface area contributed by atoms with E-state index in [-0.39, 0.29) is 5.91 Å². The Bertz CT molecular complexity index is 1360. The van der Waals surface area contributed by atoms with E-state index >= 15 is 0 Å². The van der Waals surface area contributed by atoms with Gasteiger partial charge in [-0.1, -0.05) is 19.6 Å². The first-order valence-electron chi connectivity index (χ1n) is 12.7. The van der Waals surface area contributed by atoms with Gasteiger partial charge < -0.3 is 29.7 Å². The Balaban J connectivity index is 1.69. The molecular weight excluding hydrogens is 478 g/mol. The van der Waals surface area contributed by atoms with Gasteiger partial charge in [-0.3, -0.25) is 4.79 Å². The Morgan fingerprint density at radius 3 is 2.71 bits per heavy atom. The van der Waals surface area contributed by atoms with Gasteiger partial charge in [-0.2, -0.15) is 0 Å². The summed E-state index contributed by atoms with van der Waals surface area (Å²) < 4.78 is 7.88. The quantitative estimate of drug-likeness (QED) is 0.383. The van der Waals surface area contributed by atoms with Gasteiger partial charge in [-0.25, -0.2) is 9.97 Å². The SMILES string of the molecule is C=CC(=O)Nc1cc(Nc2cc(-c3cn(C)c4c3CC(C)C=C4)ncn2)c(OC)cc1N(C)CCN(C)C. The van der Waals surface area contributed by atoms with E-state index in [1.54, 1.807) is 13.4 Å². The molecule has 200 valence electrons. The lowest BCUT2D eigenvalue weighted by Gasteiger charge is -2.26. The number of fused-ring (bicyclic) bond motifs is 1. The number of amides is 1. The Labute approximate surface area is 224 Å². The molecule has 0 saturated carbocycles. The van der Waals surface area contributed by atoms with Crippen LogP contribution in [0.25, 0.3) is 17.3 Å². The maximum absolute atomic E-state index is 12.3. The number of rotatable bonds is 10. The van der Waals surface area contributed by atoms with Crippen molar-refractivity contribution in [1.82, 2.24) is 19.4 Å². The first-order chi connectivity index (χ1) is 18.2. The standard InChI is InChI=1S/C29H37N7O2/c1-8-29(37)33-23-14-24(27(38-7)16-26(23)35(5)12-11-34(3)4)32-28-15-22(30-18-31-28)21-17-36(6)25-10-9-19(2)13-20(21)25/h8-10,14-19H,1,11-13H2,2-7H3,(H,33,37)(H,30,31,32). The number of carbonyl (C=O) groups excluding carboxylic acids is 1. The van der Waals surface area contributed by atoms with Crippen LogP contribution in [0.4, 0.5) is 22.9 Å². The zero-order valence-corrected chi connectivity index (χ0v) is 23.1. The average molecular weight is 516 g/mol. The minimum absolute atomic E-state index is 0.287. The van der Waals surface area contributed by atoms with Gasteiger partial charge in [0.05, 0.1) is 29.9 Å². The number of anilines is 4. The highest BCUT2D eigenvalue weighted by Gasteiger charge is 2.21. The molecule has 9 heteroatoms. The number of aromatic nitrogens is 3. The number of carbonyl (C=O) groups is 1. The monoisotopic (exact) mass is 515 g/mol. The number of aryl methyl sites for hydroxylation is 1. The summed E-state index contributed by atoms with van der Waals surface area (Å²) in [5.41, 5.74) is 6.62. The van der Waals surface area contributed by atoms with Gasteiger partial charge in [0.15, 0.2) is 0 Å². The summed E-state index contributed by atoms with van der Waals surface area (Å²) in [5, 5.41) is 6.31. The molecule has 38 heavy (non-hydrogen) atoms. The van der Waals surface area contributed by atoms with E-state index in [1.165, 1.54) is 17.3 Å². The molecule has 0 aliphatic heterocycles. The molecule has 1 unspecified atom stereocenters. The van der Waals surface area contributed by atoms with Crippen molar-refractivity contribution in [2.75, 3.05) is 56.9 Å². The minimum Gasteiger partial charge on any atom is -0.494 e. The van der Waals surface area contributed by atoms with Gasteiger partial charge in [0.25, 0.3) is 0 Å². The number of ether oxygens (including phenoxy) is 1. The van der Waals surface area contributed by atoms with Crippen molar-refractivity contribution in [2.45, 2.75) is 13.3 Å². The summed E-state index contributed by atoms with van der Waals surface area (Å²) in [7, 11) is 9.73. The fraction of sp³-hybridized carbons (Fsp3) is 0.345. The lowest BCUT2D eigenvalue weighted by Crippen LogP contribution is -2.29. The molecule has 3 aromatic rings. The van der Waals surface area contributed by atoms with E-state index in [2.05, 4.69) is 73.9 Å². The van der Waals surface area contributed by atoms with Gasteiger partial charge in [-0.05, 0) is 50.2 Å². The normalized spacial score (nSPS) is 14.2. The second-order valence-electron chi connectivity index (χ2n) is 9.96. The second-order valence-corrected chi connectivity index (χ2v) is 9.96. The lowest BCUT2D eigenvalue weighted by molar-refractivity contribution is -0.111. The van der Waals surface area contributed by atoms with Gasteiger partial charge in [0.2, 0.25) is 5.91 Å². The van der Waals surface area contributed by atoms with E-state index in [0.29, 0.717) is 28.9 Å². The van der Waals surface area contributed by atoms with E-state index in [0.717, 1.165) is 36.5 Å². The van der Waals surface area contributed by atoms with Crippen molar-refractivity contribution in [3.8, 4) is 17.0 Å². The number of nitrogens with zero attached hydrogens (tertiary/aromatic N) is 5. The van der Waals surface area contributed by atoms with Crippen molar-refractivity contribution in [3.05, 3.63) is 60.7 Å². The highest BCUT2D eigenvalue weighted by molar-refractivity contribution is 6.02. The first-order valence-corrected chi connectivity index (χ1v) is 12.7. The van der Waals surface area contributed by atoms with Crippen LogP contribution in [0.15, 0.2) is 49.5 Å². The number of hydrogen-bond acceptors (Lipinski definition) is 7. The lowest BCUT2D eigenvalue weighted by atomic mass is 9.92. The summed E-state index contributed by atoms with van der Waals surface area (Å²) in [6.07, 6.45) is 10.4. The molecular formula is C29H37N7O2. The molecule has 1 aliphatic carbocycles. The second kappa shape index (κ2) is 11.5. The molecule has 9 nitrogen and oxygen atoms in total. The minimum atomic E-state index is -0.287. The van der Waals surface area contributed by atoms with E-state index in [9.17, 15) is 4.79 Å². The maximum Gasteiger partial charge on any atom is 0.247 e. The third-order valence-corrected chi connectivity index (χ3v) is 6.71. The molecule has 1 amide bonds. The van der Waals surface area contributed by atoms with Crippen LogP contribution in [0.2, 0.25) is 0 Å². The van der Waals surface area contributed by atoms with Crippen LogP contribution in [-0.4, -0.2) is 66.7 Å². The fourth-order valence-corrected chi connectivity index (χ4v) is 4.61. The van der Waals surface area contributed by atoms with Gasteiger partial charge >= 0.3 is 0 Å². The molecule has 0 fully saturated rings. The molecule has 1 aromatic carbocycles. The number of nitrogens with one attached hydrogen (secondary N) is 2. The van der Waals surface area contributed by atoms with Gasteiger partial charge in [-0.15, -0.1) is 0 Å². The van der Waals surface area contributed by atoms with Crippen molar-refractivity contribution < 1.29 is 9.53 Å². The number of benzene rings is 1. The number of hydrogen-bond donors (Lipinski definition) is 2. The number of likely N-dealkylation sites (N-methyl/N-ethyl adjacent to an activating group) is 2. The van der Waals surface area contributed by atoms with Crippen molar-refractivity contribution in [3.63, 3.8) is 0 Å². The van der Waals surface area contributed by atoms with E-state index in [1.807, 2.05) is 39.3 Å². The first kappa shape index (κ1) is 26.9. The zero-order chi connectivity index (χ0) is 27.4. The number of allylic oxidation sites excluding steroid dienone is 1. The van der Waals surface area contributed by atoms with E-state index < -0.39 is 0 Å². The van der Waals surface area contributed by atoms with Crippen molar-refractivity contribution >= 4 is 34.9 Å². The Morgan fingerprint density at radius 2 is 2.00 bits per heavy atom. The van der Waals surface area contributed by atoms with Crippen LogP contribution < -0.4 is 20.3 Å². The molecule has 0 saturated heterocycles. The largest absolute Gasteiger partial charge is 0.494 e. The predicted molar refractivity (Wildman–Crippen MR) is 155 cm³/mol. The summed E-state index contributed by atoms with van der Waals surface area (Å²) in [5.74, 6) is 1.44. The van der Waals surface area contributed by atoms with E-state index in [4.69, 9.17) is 4.74 Å². The molecule has 0 bridgehead atoms.